The van der Waals surface area contributed by atoms with Crippen molar-refractivity contribution in [2.24, 2.45) is 14.1 Å². The van der Waals surface area contributed by atoms with E-state index in [-0.39, 0.29) is 0 Å². The molecule has 574 valence electrons. The van der Waals surface area contributed by atoms with Crippen LogP contribution in [0.15, 0.2) is 164 Å². The summed E-state index contributed by atoms with van der Waals surface area (Å²) in [5.41, 5.74) is 11.2. The topological polar surface area (TPSA) is 264 Å². The quantitative estimate of drug-likeness (QED) is 0.127. The molecule has 13 aromatic rings. The maximum Gasteiger partial charge on any atom is 0.223 e. The fraction of sp³-hybridized carbons (Fsp3) is 0.480. The van der Waals surface area contributed by atoms with E-state index in [1.807, 2.05) is 310 Å². The highest BCUT2D eigenvalue weighted by atomic mass is 32.1. The first kappa shape index (κ1) is 114. The Kier molecular flexibility index (Phi) is 108. The molecule has 0 aliphatic heterocycles. The Morgan fingerprint density at radius 2 is 1.12 bits per heavy atom. The Morgan fingerprint density at radius 1 is 0.515 bits per heavy atom. The van der Waals surface area contributed by atoms with Gasteiger partial charge in [0.25, 0.3) is 0 Å². The fourth-order valence-corrected chi connectivity index (χ4v) is 7.20. The number of aromatic amines is 3. The molecule has 21 nitrogen and oxygen atoms in total. The summed E-state index contributed by atoms with van der Waals surface area (Å²) in [6, 6.07) is 12.0. The van der Waals surface area contributed by atoms with Gasteiger partial charge in [0, 0.05) is 86.5 Å². The molecule has 3 N–H and O–H groups in total. The van der Waals surface area contributed by atoms with Gasteiger partial charge in [-0.1, -0.05) is 144 Å². The van der Waals surface area contributed by atoms with Crippen molar-refractivity contribution >= 4 is 57.1 Å². The van der Waals surface area contributed by atoms with Gasteiger partial charge in [-0.15, -0.1) is 32.9 Å². The molecule has 0 atom stereocenters. The molecule has 0 fully saturated rings. The van der Waals surface area contributed by atoms with E-state index in [2.05, 4.69) is 119 Å². The van der Waals surface area contributed by atoms with Crippen molar-refractivity contribution < 1.29 is 13.4 Å². The van der Waals surface area contributed by atoms with Crippen molar-refractivity contribution in [1.82, 2.24) is 88.7 Å². The van der Waals surface area contributed by atoms with E-state index in [9.17, 15) is 0 Å². The summed E-state index contributed by atoms with van der Waals surface area (Å²) < 4.78 is 25.4. The van der Waals surface area contributed by atoms with Crippen LogP contribution in [0.5, 0.6) is 0 Å². The third-order valence-electron chi connectivity index (χ3n) is 8.20. The number of nitrogens with one attached hydrogen (secondary N) is 3. The van der Waals surface area contributed by atoms with Gasteiger partial charge in [-0.05, 0) is 188 Å². The monoisotopic (exact) mass is 1500 g/mol. The molecule has 26 heteroatoms. The smallest absolute Gasteiger partial charge is 0.223 e. The van der Waals surface area contributed by atoms with Crippen molar-refractivity contribution in [1.29, 1.82) is 0 Å². The van der Waals surface area contributed by atoms with Crippen LogP contribution < -0.4 is 0 Å². The van der Waals surface area contributed by atoms with Gasteiger partial charge < -0.3 is 22.9 Å². The van der Waals surface area contributed by atoms with Gasteiger partial charge in [-0.2, -0.15) is 36.0 Å². The van der Waals surface area contributed by atoms with Crippen LogP contribution in [-0.2, 0) is 14.1 Å². The molecular formula is C75H136N18O3S5. The Bertz CT molecular complexity index is 2540. The van der Waals surface area contributed by atoms with E-state index in [0.29, 0.717) is 11.7 Å². The van der Waals surface area contributed by atoms with Gasteiger partial charge in [-0.25, -0.2) is 19.3 Å². The largest absolute Gasteiger partial charge is 0.472 e. The van der Waals surface area contributed by atoms with Crippen LogP contribution in [0.25, 0.3) is 0 Å². The normalized spacial score (nSPS) is 7.80. The molecule has 13 aromatic heterocycles. The summed E-state index contributed by atoms with van der Waals surface area (Å²) in [4.78, 5) is 22.1. The van der Waals surface area contributed by atoms with Crippen LogP contribution in [0.4, 0.5) is 0 Å². The summed E-state index contributed by atoms with van der Waals surface area (Å²) in [5, 5.41) is 39.0. The minimum absolute atomic E-state index is 0.623. The summed E-state index contributed by atoms with van der Waals surface area (Å²) in [5.74, 6) is 2.19. The number of thiophene rings is 1. The Balaban J connectivity index is -0.000000109. The lowest BCUT2D eigenvalue weighted by Crippen LogP contribution is -1.83. The molecular weight excluding hydrogens is 1360 g/mol. The number of hydrogen-bond donors (Lipinski definition) is 3. The molecule has 13 rings (SSSR count). The van der Waals surface area contributed by atoms with Crippen molar-refractivity contribution in [3.63, 3.8) is 0 Å². The van der Waals surface area contributed by atoms with E-state index in [1.54, 1.807) is 90.1 Å². The number of hydrogen-bond acceptors (Lipinski definition) is 21. The Hall–Kier alpha value is -8.17. The van der Waals surface area contributed by atoms with E-state index in [0.717, 1.165) is 37.9 Å². The van der Waals surface area contributed by atoms with Crippen LogP contribution in [0.3, 0.4) is 0 Å². The maximum atomic E-state index is 4.71. The standard InChI is InChI=1S/2C5H7N.C5H6O.C5H6S.C4H6N2O.2C4H6N2S.2C4H6N2.C4H5NO.2C4H5NS.C3H5N3.10C2H6/c1-5-2-3-6-4-5;1-6-4-2-3-5-6;2*1-5-2-3-6-4-5;1-3-5-4(2)7-6-3;1-3-5-6-4(2)7-3;1-3-5-4(2)7-6-3;1-4-2-5-6-3-4;1-4-2-3-5-6-4;2*1-4-2-6-3-5-4;1-4-2-5-6-3-4;1-6-3-4-2-5-6;10*1-2/h2-4,6H,1H3;2-5H,1H3;2*2-4H,1H3;3*1-2H3;2*2-3H,1H3,(H,5,6);4*2-3H,1H3;10*1-2H3. The average Bonchev–Trinajstić information content (AvgIpc) is 1.91. The second kappa shape index (κ2) is 96.0. The van der Waals surface area contributed by atoms with E-state index in [4.69, 9.17) is 4.42 Å². The van der Waals surface area contributed by atoms with Gasteiger partial charge >= 0.3 is 0 Å². The number of aryl methyl sites for hydroxylation is 16. The lowest BCUT2D eigenvalue weighted by atomic mass is 10.4. The van der Waals surface area contributed by atoms with E-state index in [1.165, 1.54) is 63.6 Å². The van der Waals surface area contributed by atoms with Gasteiger partial charge in [0.05, 0.1) is 29.9 Å². The molecule has 0 saturated carbocycles. The molecule has 0 aliphatic rings. The molecule has 0 radical (unpaired) electrons. The number of rotatable bonds is 0. The lowest BCUT2D eigenvalue weighted by Gasteiger charge is -1.79. The van der Waals surface area contributed by atoms with Crippen LogP contribution >= 0.6 is 57.1 Å². The third-order valence-corrected chi connectivity index (χ3v) is 11.9. The zero-order chi connectivity index (χ0) is 79.9. The summed E-state index contributed by atoms with van der Waals surface area (Å²) in [6.45, 7) is 67.3. The second-order valence-electron chi connectivity index (χ2n) is 16.4. The molecule has 0 amide bonds. The maximum absolute atomic E-state index is 4.71. The third kappa shape index (κ3) is 93.9. The van der Waals surface area contributed by atoms with Crippen LogP contribution in [-0.4, -0.2) is 88.7 Å². The van der Waals surface area contributed by atoms with Gasteiger partial charge in [0.1, 0.15) is 39.8 Å². The van der Waals surface area contributed by atoms with Gasteiger partial charge in [0.2, 0.25) is 5.89 Å². The number of H-pyrrole nitrogens is 3. The highest BCUT2D eigenvalue weighted by molar-refractivity contribution is 7.11. The fourth-order valence-electron chi connectivity index (χ4n) is 4.40. The van der Waals surface area contributed by atoms with Crippen LogP contribution in [0.1, 0.15) is 216 Å². The number of nitrogens with zero attached hydrogens (tertiary/aromatic N) is 15. The van der Waals surface area contributed by atoms with Gasteiger partial charge in [-0.3, -0.25) is 19.9 Å². The molecule has 0 unspecified atom stereocenters. The molecule has 13 heterocycles. The lowest BCUT2D eigenvalue weighted by molar-refractivity contribution is 0.389. The van der Waals surface area contributed by atoms with E-state index < -0.39 is 0 Å². The summed E-state index contributed by atoms with van der Waals surface area (Å²) >= 11 is 7.92. The molecule has 0 aliphatic carbocycles. The Morgan fingerprint density at radius 3 is 1.25 bits per heavy atom. The SMILES string of the molecule is CC.CC.CC.CC.CC.CC.CC.CC.CC.CC.Cc1cc[nH]c1.Cc1ccn[nH]1.Cc1ccoc1.Cc1ccsc1.Cc1cn[nH]c1.Cc1cnsc1.Cc1cocn1.Cc1cscn1.Cc1nnc(C)s1.Cc1noc(C)n1.Cc1nsc(C)n1.Cn1cccc1.Cn1cncn1. The highest BCUT2D eigenvalue weighted by Gasteiger charge is 1.91. The number of aromatic nitrogens is 18. The zero-order valence-corrected chi connectivity index (χ0v) is 73.0. The summed E-state index contributed by atoms with van der Waals surface area (Å²) in [7, 11) is 3.83. The Labute approximate surface area is 632 Å². The minimum atomic E-state index is 0.623. The first-order valence-corrected chi connectivity index (χ1v) is 38.8. The van der Waals surface area contributed by atoms with Crippen molar-refractivity contribution in [3.05, 3.63) is 228 Å². The predicted octanol–water partition coefficient (Wildman–Crippen LogP) is 24.4. The number of thiazole rings is 1. The second-order valence-corrected chi connectivity index (χ2v) is 20.9. The van der Waals surface area contributed by atoms with E-state index >= 15 is 0 Å². The van der Waals surface area contributed by atoms with Crippen molar-refractivity contribution in [3.8, 4) is 0 Å². The molecule has 0 aromatic carbocycles. The minimum Gasteiger partial charge on any atom is -0.472 e. The first-order chi connectivity index (χ1) is 48.8. The first-order valence-electron chi connectivity index (χ1n) is 34.5. The number of furan rings is 1. The predicted molar refractivity (Wildman–Crippen MR) is 442 cm³/mol. The van der Waals surface area contributed by atoms with Crippen LogP contribution in [0, 0.1) is 96.9 Å². The molecule has 0 saturated heterocycles. The summed E-state index contributed by atoms with van der Waals surface area (Å²) in [6.07, 6.45) is 24.6. The number of oxazole rings is 1. The molecule has 0 bridgehead atoms. The average molecular weight is 1500 g/mol. The highest BCUT2D eigenvalue weighted by Crippen LogP contribution is 2.04. The van der Waals surface area contributed by atoms with Gasteiger partial charge in [0.15, 0.2) is 12.2 Å². The zero-order valence-electron chi connectivity index (χ0n) is 68.9. The molecule has 101 heavy (non-hydrogen) atoms. The van der Waals surface area contributed by atoms with Crippen molar-refractivity contribution in [2.75, 3.05) is 0 Å². The van der Waals surface area contributed by atoms with Crippen molar-refractivity contribution in [2.45, 2.75) is 235 Å². The molecule has 0 spiro atoms. The van der Waals surface area contributed by atoms with Crippen LogP contribution in [0.2, 0.25) is 0 Å².